The van der Waals surface area contributed by atoms with Crippen molar-refractivity contribution in [1.29, 1.82) is 0 Å². The normalized spacial score (nSPS) is 15.0. The van der Waals surface area contributed by atoms with Gasteiger partial charge in [-0.05, 0) is 33.6 Å². The maximum Gasteiger partial charge on any atom is 0.389 e. The molecule has 5 heteroatoms. The Morgan fingerprint density at radius 1 is 1.24 bits per heavy atom. The lowest BCUT2D eigenvalue weighted by Gasteiger charge is -2.26. The molecule has 0 bridgehead atoms. The van der Waals surface area contributed by atoms with Gasteiger partial charge in [-0.2, -0.15) is 13.2 Å². The van der Waals surface area contributed by atoms with Crippen LogP contribution in [0, 0.1) is 0 Å². The molecule has 1 unspecified atom stereocenters. The summed E-state index contributed by atoms with van der Waals surface area (Å²) in [7, 11) is 0. The fraction of sp³-hybridized carbons (Fsp3) is 1.00. The first-order valence-corrected chi connectivity index (χ1v) is 6.09. The van der Waals surface area contributed by atoms with Crippen LogP contribution in [0.15, 0.2) is 0 Å². The Morgan fingerprint density at radius 2 is 1.82 bits per heavy atom. The summed E-state index contributed by atoms with van der Waals surface area (Å²) in [5.74, 6) is 0. The molecule has 0 rings (SSSR count). The molecule has 104 valence electrons. The van der Waals surface area contributed by atoms with Crippen molar-refractivity contribution in [2.45, 2.75) is 64.8 Å². The molecule has 1 atom stereocenters. The predicted molar refractivity (Wildman–Crippen MR) is 63.1 cm³/mol. The van der Waals surface area contributed by atoms with E-state index in [-0.39, 0.29) is 24.7 Å². The third kappa shape index (κ3) is 10.6. The van der Waals surface area contributed by atoms with Gasteiger partial charge < -0.3 is 10.1 Å². The largest absolute Gasteiger partial charge is 0.389 e. The van der Waals surface area contributed by atoms with Crippen molar-refractivity contribution in [3.8, 4) is 0 Å². The first-order chi connectivity index (χ1) is 7.66. The van der Waals surface area contributed by atoms with Gasteiger partial charge in [0.2, 0.25) is 0 Å². The Balaban J connectivity index is 3.57. The number of hydrogen-bond acceptors (Lipinski definition) is 2. The van der Waals surface area contributed by atoms with E-state index in [2.05, 4.69) is 26.1 Å². The summed E-state index contributed by atoms with van der Waals surface area (Å²) in [5.41, 5.74) is 0.0452. The first kappa shape index (κ1) is 16.7. The lowest BCUT2D eigenvalue weighted by molar-refractivity contribution is -0.138. The number of alkyl halides is 3. The number of rotatable bonds is 8. The third-order valence-electron chi connectivity index (χ3n) is 2.76. The van der Waals surface area contributed by atoms with Gasteiger partial charge in [-0.15, -0.1) is 0 Å². The maximum atomic E-state index is 11.9. The van der Waals surface area contributed by atoms with Crippen LogP contribution < -0.4 is 5.32 Å². The summed E-state index contributed by atoms with van der Waals surface area (Å²) >= 11 is 0. The highest BCUT2D eigenvalue weighted by atomic mass is 19.4. The van der Waals surface area contributed by atoms with E-state index in [0.29, 0.717) is 6.54 Å². The van der Waals surface area contributed by atoms with Crippen molar-refractivity contribution in [2.75, 3.05) is 13.2 Å². The molecule has 0 heterocycles. The van der Waals surface area contributed by atoms with Crippen LogP contribution in [0.1, 0.15) is 47.0 Å². The first-order valence-electron chi connectivity index (χ1n) is 6.09. The van der Waals surface area contributed by atoms with Gasteiger partial charge in [0, 0.05) is 25.1 Å². The SMILES string of the molecule is CCC(C)(C)NCC(C)OCCCC(F)(F)F. The standard InChI is InChI=1S/C12H24F3NO/c1-5-11(3,4)16-9-10(2)17-8-6-7-12(13,14)15/h10,16H,5-9H2,1-4H3. The fourth-order valence-corrected chi connectivity index (χ4v) is 1.16. The van der Waals surface area contributed by atoms with E-state index >= 15 is 0 Å². The molecule has 0 aliphatic carbocycles. The zero-order chi connectivity index (χ0) is 13.5. The lowest BCUT2D eigenvalue weighted by Crippen LogP contribution is -2.42. The van der Waals surface area contributed by atoms with Crippen LogP contribution >= 0.6 is 0 Å². The summed E-state index contributed by atoms with van der Waals surface area (Å²) in [6.45, 7) is 8.95. The van der Waals surface area contributed by atoms with Crippen molar-refractivity contribution in [3.63, 3.8) is 0 Å². The quantitative estimate of drug-likeness (QED) is 0.670. The van der Waals surface area contributed by atoms with Gasteiger partial charge in [-0.25, -0.2) is 0 Å². The van der Waals surface area contributed by atoms with E-state index < -0.39 is 12.6 Å². The average Bonchev–Trinajstić information content (AvgIpc) is 2.20. The predicted octanol–water partition coefficient (Wildman–Crippen LogP) is 3.51. The fourth-order valence-electron chi connectivity index (χ4n) is 1.16. The number of nitrogens with one attached hydrogen (secondary N) is 1. The second kappa shape index (κ2) is 7.21. The van der Waals surface area contributed by atoms with E-state index in [4.69, 9.17) is 4.74 Å². The molecule has 0 aromatic heterocycles. The molecule has 0 aromatic carbocycles. The molecule has 0 aromatic rings. The van der Waals surface area contributed by atoms with Gasteiger partial charge in [0.15, 0.2) is 0 Å². The van der Waals surface area contributed by atoms with Crippen LogP contribution in [0.2, 0.25) is 0 Å². The molecule has 0 radical (unpaired) electrons. The molecule has 0 amide bonds. The zero-order valence-corrected chi connectivity index (χ0v) is 11.2. The van der Waals surface area contributed by atoms with Crippen molar-refractivity contribution >= 4 is 0 Å². The number of ether oxygens (including phenoxy) is 1. The van der Waals surface area contributed by atoms with Gasteiger partial charge in [0.05, 0.1) is 6.10 Å². The van der Waals surface area contributed by atoms with E-state index in [0.717, 1.165) is 6.42 Å². The molecule has 0 saturated heterocycles. The van der Waals surface area contributed by atoms with E-state index in [1.807, 2.05) is 6.92 Å². The molecule has 0 saturated carbocycles. The van der Waals surface area contributed by atoms with E-state index in [1.165, 1.54) is 0 Å². The molecule has 17 heavy (non-hydrogen) atoms. The number of hydrogen-bond donors (Lipinski definition) is 1. The van der Waals surface area contributed by atoms with Crippen LogP contribution in [-0.2, 0) is 4.74 Å². The molecule has 0 aliphatic rings. The molecule has 0 aliphatic heterocycles. The summed E-state index contributed by atoms with van der Waals surface area (Å²) in [5, 5.41) is 3.32. The van der Waals surface area contributed by atoms with Crippen LogP contribution in [0.3, 0.4) is 0 Å². The third-order valence-corrected chi connectivity index (χ3v) is 2.76. The highest BCUT2D eigenvalue weighted by molar-refractivity contribution is 4.76. The molecule has 1 N–H and O–H groups in total. The summed E-state index contributed by atoms with van der Waals surface area (Å²) in [6, 6.07) is 0. The van der Waals surface area contributed by atoms with Gasteiger partial charge in [0.25, 0.3) is 0 Å². The van der Waals surface area contributed by atoms with Gasteiger partial charge in [-0.1, -0.05) is 6.92 Å². The van der Waals surface area contributed by atoms with Crippen LogP contribution in [0.25, 0.3) is 0 Å². The van der Waals surface area contributed by atoms with Crippen molar-refractivity contribution < 1.29 is 17.9 Å². The molecular formula is C12H24F3NO. The Kier molecular flexibility index (Phi) is 7.09. The van der Waals surface area contributed by atoms with Crippen LogP contribution in [-0.4, -0.2) is 31.0 Å². The minimum Gasteiger partial charge on any atom is -0.377 e. The topological polar surface area (TPSA) is 21.3 Å². The summed E-state index contributed by atoms with van der Waals surface area (Å²) in [4.78, 5) is 0. The average molecular weight is 255 g/mol. The lowest BCUT2D eigenvalue weighted by atomic mass is 10.0. The Morgan fingerprint density at radius 3 is 2.29 bits per heavy atom. The Labute approximate surface area is 102 Å². The smallest absolute Gasteiger partial charge is 0.377 e. The van der Waals surface area contributed by atoms with Gasteiger partial charge in [0.1, 0.15) is 0 Å². The second-order valence-corrected chi connectivity index (χ2v) is 5.02. The zero-order valence-electron chi connectivity index (χ0n) is 11.2. The minimum absolute atomic E-state index is 0.0327. The van der Waals surface area contributed by atoms with Crippen molar-refractivity contribution in [1.82, 2.24) is 5.32 Å². The molecule has 0 fully saturated rings. The molecule has 0 spiro atoms. The van der Waals surface area contributed by atoms with E-state index in [9.17, 15) is 13.2 Å². The van der Waals surface area contributed by atoms with Gasteiger partial charge in [-0.3, -0.25) is 0 Å². The second-order valence-electron chi connectivity index (χ2n) is 5.02. The minimum atomic E-state index is -4.07. The van der Waals surface area contributed by atoms with E-state index in [1.54, 1.807) is 0 Å². The maximum absolute atomic E-state index is 11.9. The van der Waals surface area contributed by atoms with Gasteiger partial charge >= 0.3 is 6.18 Å². The summed E-state index contributed by atoms with van der Waals surface area (Å²) in [6.07, 6.45) is -3.88. The number of halogens is 3. The van der Waals surface area contributed by atoms with Crippen LogP contribution in [0.4, 0.5) is 13.2 Å². The highest BCUT2D eigenvalue weighted by Gasteiger charge is 2.26. The highest BCUT2D eigenvalue weighted by Crippen LogP contribution is 2.21. The molecular weight excluding hydrogens is 231 g/mol. The molecule has 2 nitrogen and oxygen atoms in total. The van der Waals surface area contributed by atoms with Crippen molar-refractivity contribution in [3.05, 3.63) is 0 Å². The van der Waals surface area contributed by atoms with Crippen LogP contribution in [0.5, 0.6) is 0 Å². The van der Waals surface area contributed by atoms with Crippen molar-refractivity contribution in [2.24, 2.45) is 0 Å². The Hall–Kier alpha value is -0.290. The Bertz CT molecular complexity index is 204. The monoisotopic (exact) mass is 255 g/mol. The summed E-state index contributed by atoms with van der Waals surface area (Å²) < 4.78 is 40.9.